The molecule has 0 saturated carbocycles. The third-order valence-electron chi connectivity index (χ3n) is 4.65. The third kappa shape index (κ3) is 4.52. The minimum absolute atomic E-state index is 0.0537. The lowest BCUT2D eigenvalue weighted by molar-refractivity contribution is -0.118. The topological polar surface area (TPSA) is 111 Å². The molecule has 0 fully saturated rings. The number of amides is 2. The molecule has 0 saturated heterocycles. The van der Waals surface area contributed by atoms with Crippen LogP contribution in [0.25, 0.3) is 0 Å². The van der Waals surface area contributed by atoms with Crippen LogP contribution in [-0.4, -0.2) is 39.2 Å². The Morgan fingerprint density at radius 1 is 1.33 bits per heavy atom. The van der Waals surface area contributed by atoms with Crippen molar-refractivity contribution in [2.24, 2.45) is 0 Å². The number of nitrogens with one attached hydrogen (secondary N) is 2. The van der Waals surface area contributed by atoms with Crippen LogP contribution in [0.2, 0.25) is 5.02 Å². The van der Waals surface area contributed by atoms with Gasteiger partial charge in [0.1, 0.15) is 11.5 Å². The normalized spacial score (nSPS) is 14.2. The summed E-state index contributed by atoms with van der Waals surface area (Å²) in [5, 5.41) is 4.68. The molecular weight excluding hydrogens is 432 g/mol. The minimum Gasteiger partial charge on any atom is -0.495 e. The van der Waals surface area contributed by atoms with Gasteiger partial charge in [0.2, 0.25) is 5.91 Å². The first-order valence-electron chi connectivity index (χ1n) is 9.06. The van der Waals surface area contributed by atoms with Crippen molar-refractivity contribution in [3.8, 4) is 11.5 Å². The van der Waals surface area contributed by atoms with Gasteiger partial charge in [-0.1, -0.05) is 11.6 Å². The molecule has 1 aliphatic rings. The molecule has 0 radical (unpaired) electrons. The number of rotatable bonds is 6. The van der Waals surface area contributed by atoms with Crippen molar-refractivity contribution in [2.45, 2.75) is 30.4 Å². The van der Waals surface area contributed by atoms with E-state index in [9.17, 15) is 18.0 Å². The van der Waals surface area contributed by atoms with Crippen LogP contribution in [-0.2, 0) is 19.4 Å². The largest absolute Gasteiger partial charge is 0.495 e. The maximum Gasteiger partial charge on any atom is 0.262 e. The van der Waals surface area contributed by atoms with Gasteiger partial charge in [0.25, 0.3) is 5.91 Å². The van der Waals surface area contributed by atoms with Crippen LogP contribution in [0.5, 0.6) is 11.5 Å². The Kier molecular flexibility index (Phi) is 6.23. The van der Waals surface area contributed by atoms with E-state index >= 15 is 0 Å². The molecule has 0 spiro atoms. The smallest absolute Gasteiger partial charge is 0.262 e. The maximum atomic E-state index is 13.1. The Bertz CT molecular complexity index is 1120. The molecule has 10 heteroatoms. The molecule has 0 aliphatic carbocycles. The molecule has 30 heavy (non-hydrogen) atoms. The van der Waals surface area contributed by atoms with Crippen molar-refractivity contribution < 1.29 is 27.5 Å². The van der Waals surface area contributed by atoms with Crippen molar-refractivity contribution >= 4 is 44.6 Å². The van der Waals surface area contributed by atoms with Crippen LogP contribution in [0, 0.1) is 6.92 Å². The van der Waals surface area contributed by atoms with Gasteiger partial charge in [0, 0.05) is 17.5 Å². The van der Waals surface area contributed by atoms with Gasteiger partial charge in [-0.3, -0.25) is 9.59 Å². The van der Waals surface area contributed by atoms with Crippen molar-refractivity contribution in [1.82, 2.24) is 0 Å². The van der Waals surface area contributed by atoms with Crippen LogP contribution in [0.15, 0.2) is 35.2 Å². The van der Waals surface area contributed by atoms with E-state index in [1.807, 2.05) is 0 Å². The fraction of sp³-hybridized carbons (Fsp3) is 0.300. The van der Waals surface area contributed by atoms with Gasteiger partial charge < -0.3 is 20.1 Å². The van der Waals surface area contributed by atoms with Gasteiger partial charge >= 0.3 is 0 Å². The number of anilines is 2. The van der Waals surface area contributed by atoms with E-state index in [4.69, 9.17) is 21.1 Å². The van der Waals surface area contributed by atoms with Crippen LogP contribution >= 0.6 is 11.6 Å². The number of hydrogen-bond donors (Lipinski definition) is 2. The Morgan fingerprint density at radius 3 is 2.77 bits per heavy atom. The second-order valence-electron chi connectivity index (χ2n) is 6.90. The lowest BCUT2D eigenvalue weighted by atomic mass is 10.2. The fourth-order valence-electron chi connectivity index (χ4n) is 3.09. The van der Waals surface area contributed by atoms with Crippen molar-refractivity contribution in [3.05, 3.63) is 40.9 Å². The summed E-state index contributed by atoms with van der Waals surface area (Å²) < 4.78 is 36.7. The first-order chi connectivity index (χ1) is 14.1. The molecule has 0 aromatic heterocycles. The molecular formula is C20H21ClN2O6S. The number of carbonyl (C=O) groups excluding carboxylic acids is 2. The van der Waals surface area contributed by atoms with Crippen molar-refractivity contribution in [3.63, 3.8) is 0 Å². The highest BCUT2D eigenvalue weighted by atomic mass is 35.5. The number of fused-ring (bicyclic) bond motifs is 1. The zero-order valence-corrected chi connectivity index (χ0v) is 18.2. The lowest BCUT2D eigenvalue weighted by Crippen LogP contribution is -2.27. The summed E-state index contributed by atoms with van der Waals surface area (Å²) in [5.41, 5.74) is 1.22. The van der Waals surface area contributed by atoms with E-state index in [0.29, 0.717) is 27.7 Å². The summed E-state index contributed by atoms with van der Waals surface area (Å²) in [6.45, 7) is 2.90. The number of benzene rings is 2. The highest BCUT2D eigenvalue weighted by Crippen LogP contribution is 2.35. The second-order valence-corrected chi connectivity index (χ2v) is 9.67. The van der Waals surface area contributed by atoms with Gasteiger partial charge in [-0.2, -0.15) is 0 Å². The van der Waals surface area contributed by atoms with Crippen LogP contribution in [0.4, 0.5) is 11.4 Å². The molecule has 2 amide bonds. The van der Waals surface area contributed by atoms with Crippen molar-refractivity contribution in [1.29, 1.82) is 0 Å². The molecule has 3 rings (SSSR count). The SMILES string of the molecule is COc1ccc(Cl)cc1NC(=O)CC(C)S(=O)(=O)c1cc2c(cc1C)NC(=O)CO2. The molecule has 160 valence electrons. The number of methoxy groups -OCH3 is 1. The summed E-state index contributed by atoms with van der Waals surface area (Å²) in [6, 6.07) is 7.67. The molecule has 1 atom stereocenters. The molecule has 0 bridgehead atoms. The minimum atomic E-state index is -3.84. The maximum absolute atomic E-state index is 13.1. The fourth-order valence-corrected chi connectivity index (χ4v) is 4.84. The lowest BCUT2D eigenvalue weighted by Gasteiger charge is -2.21. The van der Waals surface area contributed by atoms with Crippen molar-refractivity contribution in [2.75, 3.05) is 24.4 Å². The molecule has 1 unspecified atom stereocenters. The summed E-state index contributed by atoms with van der Waals surface area (Å²) >= 11 is 5.96. The van der Waals surface area contributed by atoms with E-state index in [-0.39, 0.29) is 29.6 Å². The highest BCUT2D eigenvalue weighted by molar-refractivity contribution is 7.92. The Labute approximate surface area is 179 Å². The standard InChI is InChI=1S/C20H21ClN2O6S/c1-11-6-14-17(29-10-20(25)23-14)9-18(11)30(26,27)12(2)7-19(24)22-15-8-13(21)4-5-16(15)28-3/h4-6,8-9,12H,7,10H2,1-3H3,(H,22,24)(H,23,25). The molecule has 2 aromatic carbocycles. The van der Waals surface area contributed by atoms with E-state index in [2.05, 4.69) is 10.6 Å². The van der Waals surface area contributed by atoms with Gasteiger partial charge in [0.15, 0.2) is 16.4 Å². The molecule has 1 heterocycles. The molecule has 8 nitrogen and oxygen atoms in total. The molecule has 2 aromatic rings. The molecule has 2 N–H and O–H groups in total. The quantitative estimate of drug-likeness (QED) is 0.696. The zero-order chi connectivity index (χ0) is 22.1. The summed E-state index contributed by atoms with van der Waals surface area (Å²) in [7, 11) is -2.39. The number of ether oxygens (including phenoxy) is 2. The third-order valence-corrected chi connectivity index (χ3v) is 7.17. The monoisotopic (exact) mass is 452 g/mol. The second kappa shape index (κ2) is 8.53. The van der Waals surface area contributed by atoms with Crippen LogP contribution in [0.3, 0.4) is 0 Å². The summed E-state index contributed by atoms with van der Waals surface area (Å²) in [4.78, 5) is 24.0. The summed E-state index contributed by atoms with van der Waals surface area (Å²) in [5.74, 6) is -0.114. The number of carbonyl (C=O) groups is 2. The van der Waals surface area contributed by atoms with Crippen LogP contribution < -0.4 is 20.1 Å². The highest BCUT2D eigenvalue weighted by Gasteiger charge is 2.30. The van der Waals surface area contributed by atoms with Gasteiger partial charge in [-0.15, -0.1) is 0 Å². The Balaban J connectivity index is 1.79. The predicted molar refractivity (Wildman–Crippen MR) is 113 cm³/mol. The summed E-state index contributed by atoms with van der Waals surface area (Å²) in [6.07, 6.45) is -0.272. The van der Waals surface area contributed by atoms with Crippen LogP contribution in [0.1, 0.15) is 18.9 Å². The average molecular weight is 453 g/mol. The number of hydrogen-bond acceptors (Lipinski definition) is 6. The number of halogens is 1. The average Bonchev–Trinajstić information content (AvgIpc) is 2.67. The number of sulfone groups is 1. The van der Waals surface area contributed by atoms with E-state index in [1.165, 1.54) is 26.2 Å². The van der Waals surface area contributed by atoms with Gasteiger partial charge in [0.05, 0.1) is 28.6 Å². The molecule has 1 aliphatic heterocycles. The van der Waals surface area contributed by atoms with E-state index in [1.54, 1.807) is 25.1 Å². The zero-order valence-electron chi connectivity index (χ0n) is 16.6. The Hall–Kier alpha value is -2.78. The predicted octanol–water partition coefficient (Wildman–Crippen LogP) is 3.18. The van der Waals surface area contributed by atoms with Gasteiger partial charge in [-0.05, 0) is 43.7 Å². The number of aryl methyl sites for hydroxylation is 1. The van der Waals surface area contributed by atoms with E-state index < -0.39 is 21.0 Å². The first kappa shape index (κ1) is 21.9. The Morgan fingerprint density at radius 2 is 2.07 bits per heavy atom. The van der Waals surface area contributed by atoms with Gasteiger partial charge in [-0.25, -0.2) is 8.42 Å². The first-order valence-corrected chi connectivity index (χ1v) is 11.0. The van der Waals surface area contributed by atoms with E-state index in [0.717, 1.165) is 0 Å².